The normalized spacial score (nSPS) is 10.4. The fraction of sp³-hybridized carbons (Fsp3) is 0.333. The minimum Gasteiger partial charge on any atom is -0.494 e. The largest absolute Gasteiger partial charge is 0.494 e. The van der Waals surface area contributed by atoms with Gasteiger partial charge in [0.2, 0.25) is 0 Å². The highest BCUT2D eigenvalue weighted by Gasteiger charge is 2.27. The van der Waals surface area contributed by atoms with Gasteiger partial charge in [-0.3, -0.25) is 0 Å². The molecule has 0 heterocycles. The van der Waals surface area contributed by atoms with Gasteiger partial charge in [-0.2, -0.15) is 0 Å². The van der Waals surface area contributed by atoms with Crippen molar-refractivity contribution in [1.82, 2.24) is 0 Å². The number of methoxy groups -OCH3 is 2. The summed E-state index contributed by atoms with van der Waals surface area (Å²) in [5.74, 6) is 0.744. The third-order valence-electron chi connectivity index (χ3n) is 5.52. The summed E-state index contributed by atoms with van der Waals surface area (Å²) >= 11 is 0. The van der Waals surface area contributed by atoms with Crippen LogP contribution in [-0.2, 0) is 9.47 Å². The molecule has 0 aliphatic heterocycles. The molecule has 0 saturated carbocycles. The fourth-order valence-electron chi connectivity index (χ4n) is 3.58. The standard InChI is InChI=1S/C30H34O8/c1-33-29(31)25-17-18-26(37-21-11-9-19-35-23-13-5-3-6-14-23)28(27(25)30(32)34-2)38-22-12-10-20-36-24-15-7-4-8-16-24/h3-8,13-18H,9-12,19-22H2,1-2H3. The third-order valence-corrected chi connectivity index (χ3v) is 5.52. The molecule has 38 heavy (non-hydrogen) atoms. The van der Waals surface area contributed by atoms with Crippen LogP contribution in [0.2, 0.25) is 0 Å². The maximum atomic E-state index is 12.7. The summed E-state index contributed by atoms with van der Waals surface area (Å²) in [7, 11) is 2.49. The highest BCUT2D eigenvalue weighted by atomic mass is 16.5. The topological polar surface area (TPSA) is 89.5 Å². The van der Waals surface area contributed by atoms with Crippen LogP contribution in [0.25, 0.3) is 0 Å². The molecule has 0 aliphatic carbocycles. The van der Waals surface area contributed by atoms with Gasteiger partial charge in [-0.1, -0.05) is 36.4 Å². The van der Waals surface area contributed by atoms with E-state index in [1.807, 2.05) is 60.7 Å². The molecule has 0 aromatic heterocycles. The molecule has 0 aliphatic rings. The van der Waals surface area contributed by atoms with E-state index in [0.717, 1.165) is 30.8 Å². The lowest BCUT2D eigenvalue weighted by Crippen LogP contribution is -2.16. The summed E-state index contributed by atoms with van der Waals surface area (Å²) in [6, 6.07) is 22.2. The number of benzene rings is 3. The molecule has 3 aromatic carbocycles. The molecule has 0 amide bonds. The minimum atomic E-state index is -0.713. The Hall–Kier alpha value is -4.20. The number of hydrogen-bond acceptors (Lipinski definition) is 8. The van der Waals surface area contributed by atoms with Crippen molar-refractivity contribution in [2.24, 2.45) is 0 Å². The molecule has 0 unspecified atom stereocenters. The smallest absolute Gasteiger partial charge is 0.342 e. The van der Waals surface area contributed by atoms with Gasteiger partial charge in [0.25, 0.3) is 0 Å². The lowest BCUT2D eigenvalue weighted by molar-refractivity contribution is 0.0550. The van der Waals surface area contributed by atoms with Crippen molar-refractivity contribution in [2.75, 3.05) is 40.6 Å². The lowest BCUT2D eigenvalue weighted by Gasteiger charge is -2.18. The molecule has 202 valence electrons. The zero-order chi connectivity index (χ0) is 27.0. The second-order valence-electron chi connectivity index (χ2n) is 8.23. The zero-order valence-electron chi connectivity index (χ0n) is 21.9. The van der Waals surface area contributed by atoms with E-state index in [0.29, 0.717) is 32.0 Å². The molecule has 0 saturated heterocycles. The highest BCUT2D eigenvalue weighted by Crippen LogP contribution is 2.35. The molecule has 8 nitrogen and oxygen atoms in total. The van der Waals surface area contributed by atoms with E-state index in [1.54, 1.807) is 6.07 Å². The third kappa shape index (κ3) is 8.73. The molecule has 8 heteroatoms. The van der Waals surface area contributed by atoms with Crippen molar-refractivity contribution < 1.29 is 38.0 Å². The number of carbonyl (C=O) groups is 2. The minimum absolute atomic E-state index is 0.0233. The molecule has 0 spiro atoms. The van der Waals surface area contributed by atoms with Gasteiger partial charge < -0.3 is 28.4 Å². The SMILES string of the molecule is COC(=O)c1ccc(OCCCCOc2ccccc2)c(OCCCCOc2ccccc2)c1C(=O)OC. The number of rotatable bonds is 16. The molecule has 0 bridgehead atoms. The van der Waals surface area contributed by atoms with E-state index in [-0.39, 0.29) is 23.5 Å². The lowest BCUT2D eigenvalue weighted by atomic mass is 10.1. The second kappa shape index (κ2) is 15.8. The number of hydrogen-bond donors (Lipinski definition) is 0. The van der Waals surface area contributed by atoms with Gasteiger partial charge in [-0.25, -0.2) is 9.59 Å². The van der Waals surface area contributed by atoms with Crippen molar-refractivity contribution >= 4 is 11.9 Å². The fourth-order valence-corrected chi connectivity index (χ4v) is 3.58. The first-order valence-electron chi connectivity index (χ1n) is 12.6. The maximum absolute atomic E-state index is 12.7. The Balaban J connectivity index is 1.60. The van der Waals surface area contributed by atoms with Crippen LogP contribution in [-0.4, -0.2) is 52.6 Å². The van der Waals surface area contributed by atoms with Crippen molar-refractivity contribution in [3.05, 3.63) is 83.9 Å². The second-order valence-corrected chi connectivity index (χ2v) is 8.23. The highest BCUT2D eigenvalue weighted by molar-refractivity contribution is 6.05. The van der Waals surface area contributed by atoms with Crippen LogP contribution >= 0.6 is 0 Å². The van der Waals surface area contributed by atoms with Gasteiger partial charge in [-0.05, 0) is 62.1 Å². The van der Waals surface area contributed by atoms with Crippen molar-refractivity contribution in [2.45, 2.75) is 25.7 Å². The van der Waals surface area contributed by atoms with Gasteiger partial charge in [-0.15, -0.1) is 0 Å². The number of unbranched alkanes of at least 4 members (excludes halogenated alkanes) is 2. The summed E-state index contributed by atoms with van der Waals surface area (Å²) in [6.45, 7) is 1.73. The summed E-state index contributed by atoms with van der Waals surface area (Å²) in [5.41, 5.74) is 0.0233. The van der Waals surface area contributed by atoms with Crippen LogP contribution in [0.15, 0.2) is 72.8 Å². The Morgan fingerprint density at radius 2 is 1.03 bits per heavy atom. The quantitative estimate of drug-likeness (QED) is 0.174. The summed E-state index contributed by atoms with van der Waals surface area (Å²) in [4.78, 5) is 25.0. The number of esters is 2. The van der Waals surface area contributed by atoms with Crippen LogP contribution in [0.5, 0.6) is 23.0 Å². The zero-order valence-corrected chi connectivity index (χ0v) is 21.9. The van der Waals surface area contributed by atoms with E-state index < -0.39 is 11.9 Å². The average molecular weight is 523 g/mol. The van der Waals surface area contributed by atoms with Gasteiger partial charge >= 0.3 is 11.9 Å². The molecule has 3 rings (SSSR count). The first-order chi connectivity index (χ1) is 18.6. The number of para-hydroxylation sites is 2. The van der Waals surface area contributed by atoms with Crippen molar-refractivity contribution in [1.29, 1.82) is 0 Å². The van der Waals surface area contributed by atoms with Crippen molar-refractivity contribution in [3.63, 3.8) is 0 Å². The van der Waals surface area contributed by atoms with Crippen LogP contribution in [0.4, 0.5) is 0 Å². The molecular formula is C30H34O8. The summed E-state index contributed by atoms with van der Waals surface area (Å²) < 4.78 is 33.2. The average Bonchev–Trinajstić information content (AvgIpc) is 2.97. The Labute approximate surface area is 223 Å². The Morgan fingerprint density at radius 1 is 0.553 bits per heavy atom. The Morgan fingerprint density at radius 3 is 1.53 bits per heavy atom. The maximum Gasteiger partial charge on any atom is 0.342 e. The number of ether oxygens (including phenoxy) is 6. The molecule has 0 atom stereocenters. The molecule has 0 N–H and O–H groups in total. The van der Waals surface area contributed by atoms with Gasteiger partial charge in [0.05, 0.1) is 46.2 Å². The van der Waals surface area contributed by atoms with Crippen LogP contribution in [0.3, 0.4) is 0 Å². The molecule has 0 radical (unpaired) electrons. The van der Waals surface area contributed by atoms with E-state index in [1.165, 1.54) is 20.3 Å². The van der Waals surface area contributed by atoms with Gasteiger partial charge in [0.1, 0.15) is 17.1 Å². The van der Waals surface area contributed by atoms with E-state index in [4.69, 9.17) is 28.4 Å². The Kier molecular flexibility index (Phi) is 11.8. The predicted molar refractivity (Wildman–Crippen MR) is 142 cm³/mol. The molecular weight excluding hydrogens is 488 g/mol. The predicted octanol–water partition coefficient (Wildman–Crippen LogP) is 5.74. The summed E-state index contributed by atoms with van der Waals surface area (Å²) in [6.07, 6.45) is 2.88. The number of carbonyl (C=O) groups excluding carboxylic acids is 2. The molecule has 0 fully saturated rings. The van der Waals surface area contributed by atoms with Gasteiger partial charge in [0.15, 0.2) is 11.5 Å². The Bertz CT molecular complexity index is 1130. The molecule has 3 aromatic rings. The van der Waals surface area contributed by atoms with Crippen LogP contribution < -0.4 is 18.9 Å². The van der Waals surface area contributed by atoms with Crippen LogP contribution in [0, 0.1) is 0 Å². The van der Waals surface area contributed by atoms with E-state index in [9.17, 15) is 9.59 Å². The van der Waals surface area contributed by atoms with E-state index >= 15 is 0 Å². The summed E-state index contributed by atoms with van der Waals surface area (Å²) in [5, 5.41) is 0. The van der Waals surface area contributed by atoms with E-state index in [2.05, 4.69) is 0 Å². The van der Waals surface area contributed by atoms with Crippen molar-refractivity contribution in [3.8, 4) is 23.0 Å². The first kappa shape index (κ1) is 28.4. The monoisotopic (exact) mass is 522 g/mol. The first-order valence-corrected chi connectivity index (χ1v) is 12.6. The van der Waals surface area contributed by atoms with Gasteiger partial charge in [0, 0.05) is 0 Å². The van der Waals surface area contributed by atoms with Crippen LogP contribution in [0.1, 0.15) is 46.4 Å².